The number of carbonyl (C=O) groups is 1. The van der Waals surface area contributed by atoms with Crippen LogP contribution in [0.4, 0.5) is 0 Å². The van der Waals surface area contributed by atoms with E-state index < -0.39 is 0 Å². The van der Waals surface area contributed by atoms with Crippen LogP contribution < -0.4 is 10.6 Å². The van der Waals surface area contributed by atoms with Crippen LogP contribution in [0.3, 0.4) is 0 Å². The maximum absolute atomic E-state index is 11.9. The first kappa shape index (κ1) is 19.2. The Bertz CT molecular complexity index is 613. The lowest BCUT2D eigenvalue weighted by Gasteiger charge is -2.26. The third kappa shape index (κ3) is 5.22. The fourth-order valence-corrected chi connectivity index (χ4v) is 5.02. The van der Waals surface area contributed by atoms with Gasteiger partial charge in [-0.1, -0.05) is 19.4 Å². The Kier molecular flexibility index (Phi) is 6.57. The third-order valence-electron chi connectivity index (χ3n) is 5.68. The summed E-state index contributed by atoms with van der Waals surface area (Å²) in [4.78, 5) is 19.5. The first-order valence-corrected chi connectivity index (χ1v) is 10.7. The number of carbonyl (C=O) groups excluding carboxylic acids is 1. The predicted octanol–water partition coefficient (Wildman–Crippen LogP) is 2.74. The van der Waals surface area contributed by atoms with Crippen LogP contribution in [0.1, 0.15) is 37.5 Å². The van der Waals surface area contributed by atoms with Gasteiger partial charge in [0.15, 0.2) is 5.96 Å². The van der Waals surface area contributed by atoms with Gasteiger partial charge in [0.1, 0.15) is 6.54 Å². The van der Waals surface area contributed by atoms with E-state index in [0.29, 0.717) is 12.0 Å². The molecule has 2 aliphatic rings. The number of likely N-dealkylation sites (N-methyl/N-ethyl adjacent to an activating group) is 1. The molecule has 2 saturated carbocycles. The van der Waals surface area contributed by atoms with Gasteiger partial charge in [0.05, 0.1) is 0 Å². The fraction of sp³-hybridized carbons (Fsp3) is 0.700. The van der Waals surface area contributed by atoms with Crippen LogP contribution in [0, 0.1) is 17.8 Å². The molecule has 0 saturated heterocycles. The Morgan fingerprint density at radius 3 is 2.85 bits per heavy atom. The average Bonchev–Trinajstić information content (AvgIpc) is 3.35. The topological polar surface area (TPSA) is 56.7 Å². The van der Waals surface area contributed by atoms with E-state index >= 15 is 0 Å². The number of rotatable bonds is 7. The van der Waals surface area contributed by atoms with Crippen molar-refractivity contribution in [3.8, 4) is 0 Å². The van der Waals surface area contributed by atoms with Crippen LogP contribution in [0.2, 0.25) is 0 Å². The normalized spacial score (nSPS) is 26.0. The largest absolute Gasteiger partial charge is 0.356 e. The zero-order chi connectivity index (χ0) is 18.5. The Labute approximate surface area is 161 Å². The molecule has 0 aliphatic heterocycles. The zero-order valence-electron chi connectivity index (χ0n) is 16.2. The van der Waals surface area contributed by atoms with E-state index in [4.69, 9.17) is 0 Å². The minimum atomic E-state index is 0.0330. The molecule has 2 aliphatic carbocycles. The summed E-state index contributed by atoms with van der Waals surface area (Å²) in [7, 11) is 3.55. The number of fused-ring (bicyclic) bond motifs is 2. The lowest BCUT2D eigenvalue weighted by Crippen LogP contribution is -2.47. The monoisotopic (exact) mass is 376 g/mol. The summed E-state index contributed by atoms with van der Waals surface area (Å²) >= 11 is 1.81. The van der Waals surface area contributed by atoms with Crippen LogP contribution in [-0.2, 0) is 11.2 Å². The number of thiophene rings is 1. The maximum atomic E-state index is 11.9. The molecule has 2 N–H and O–H groups in total. The number of nitrogens with one attached hydrogen (secondary N) is 2. The molecule has 26 heavy (non-hydrogen) atoms. The molecule has 4 atom stereocenters. The second-order valence-electron chi connectivity index (χ2n) is 8.15. The first-order valence-electron chi connectivity index (χ1n) is 9.78. The summed E-state index contributed by atoms with van der Waals surface area (Å²) in [6.45, 7) is 3.32. The lowest BCUT2D eigenvalue weighted by atomic mass is 9.95. The Hall–Kier alpha value is -1.56. The molecule has 0 radical (unpaired) electrons. The molecule has 5 nitrogen and oxygen atoms in total. The number of nitrogens with zero attached hydrogens (tertiary/aromatic N) is 2. The summed E-state index contributed by atoms with van der Waals surface area (Å²) in [5.74, 6) is 3.02. The molecule has 2 bridgehead atoms. The number of hydrogen-bond acceptors (Lipinski definition) is 3. The van der Waals surface area contributed by atoms with Crippen LogP contribution in [0.25, 0.3) is 0 Å². The number of amides is 1. The van der Waals surface area contributed by atoms with E-state index in [1.807, 2.05) is 11.3 Å². The Balaban J connectivity index is 1.54. The van der Waals surface area contributed by atoms with Crippen molar-refractivity contribution < 1.29 is 4.79 Å². The summed E-state index contributed by atoms with van der Waals surface area (Å²) in [5, 5.41) is 9.24. The van der Waals surface area contributed by atoms with Crippen molar-refractivity contribution in [3.63, 3.8) is 0 Å². The maximum Gasteiger partial charge on any atom is 0.243 e. The smallest absolute Gasteiger partial charge is 0.243 e. The van der Waals surface area contributed by atoms with E-state index in [1.54, 1.807) is 19.0 Å². The van der Waals surface area contributed by atoms with Crippen molar-refractivity contribution >= 4 is 23.2 Å². The fourth-order valence-electron chi connectivity index (χ4n) is 4.15. The molecule has 6 heteroatoms. The summed E-state index contributed by atoms with van der Waals surface area (Å²) < 4.78 is 0. The van der Waals surface area contributed by atoms with Gasteiger partial charge in [-0.15, -0.1) is 11.3 Å². The van der Waals surface area contributed by atoms with E-state index in [-0.39, 0.29) is 12.5 Å². The molecule has 3 rings (SSSR count). The predicted molar refractivity (Wildman–Crippen MR) is 109 cm³/mol. The van der Waals surface area contributed by atoms with Gasteiger partial charge in [0.2, 0.25) is 5.91 Å². The molecule has 1 aromatic heterocycles. The van der Waals surface area contributed by atoms with Gasteiger partial charge in [-0.3, -0.25) is 4.79 Å². The van der Waals surface area contributed by atoms with E-state index in [2.05, 4.69) is 40.1 Å². The molecule has 0 aromatic carbocycles. The number of guanidine groups is 1. The average molecular weight is 377 g/mol. The van der Waals surface area contributed by atoms with Crippen LogP contribution in [0.15, 0.2) is 22.5 Å². The van der Waals surface area contributed by atoms with Gasteiger partial charge < -0.3 is 15.5 Å². The Morgan fingerprint density at radius 1 is 1.38 bits per heavy atom. The van der Waals surface area contributed by atoms with Gasteiger partial charge in [-0.2, -0.15) is 0 Å². The van der Waals surface area contributed by atoms with Gasteiger partial charge in [0.25, 0.3) is 0 Å². The van der Waals surface area contributed by atoms with Crippen molar-refractivity contribution in [1.82, 2.24) is 15.5 Å². The SMILES string of the molecule is CC(CNC(=NCC(=O)N(C)C)NC1CC2CCC1C2)Cc1cccs1. The van der Waals surface area contributed by atoms with Crippen LogP contribution in [-0.4, -0.2) is 50.0 Å². The summed E-state index contributed by atoms with van der Waals surface area (Å²) in [6, 6.07) is 4.82. The molecular weight excluding hydrogens is 344 g/mol. The molecule has 4 unspecified atom stereocenters. The van der Waals surface area contributed by atoms with Gasteiger partial charge in [0, 0.05) is 31.6 Å². The molecule has 2 fully saturated rings. The van der Waals surface area contributed by atoms with E-state index in [9.17, 15) is 4.79 Å². The van der Waals surface area contributed by atoms with Gasteiger partial charge >= 0.3 is 0 Å². The highest BCUT2D eigenvalue weighted by molar-refractivity contribution is 7.09. The number of aliphatic imine (C=N–C) groups is 1. The number of hydrogen-bond donors (Lipinski definition) is 2. The molecule has 1 aromatic rings. The minimum Gasteiger partial charge on any atom is -0.356 e. The molecule has 1 heterocycles. The van der Waals surface area contributed by atoms with Crippen molar-refractivity contribution in [3.05, 3.63) is 22.4 Å². The molecule has 1 amide bonds. The second kappa shape index (κ2) is 8.89. The second-order valence-corrected chi connectivity index (χ2v) is 9.18. The third-order valence-corrected chi connectivity index (χ3v) is 6.58. The van der Waals surface area contributed by atoms with Crippen LogP contribution in [0.5, 0.6) is 0 Å². The minimum absolute atomic E-state index is 0.0330. The summed E-state index contributed by atoms with van der Waals surface area (Å²) in [6.07, 6.45) is 6.40. The Morgan fingerprint density at radius 2 is 2.23 bits per heavy atom. The highest BCUT2D eigenvalue weighted by Gasteiger charge is 2.39. The van der Waals surface area contributed by atoms with Crippen molar-refractivity contribution in [1.29, 1.82) is 0 Å². The van der Waals surface area contributed by atoms with Crippen molar-refractivity contribution in [2.75, 3.05) is 27.2 Å². The van der Waals surface area contributed by atoms with Crippen LogP contribution >= 0.6 is 11.3 Å². The summed E-state index contributed by atoms with van der Waals surface area (Å²) in [5.41, 5.74) is 0. The molecule has 144 valence electrons. The van der Waals surface area contributed by atoms with Crippen molar-refractivity contribution in [2.24, 2.45) is 22.7 Å². The van der Waals surface area contributed by atoms with Gasteiger partial charge in [-0.05, 0) is 54.9 Å². The first-order chi connectivity index (χ1) is 12.5. The van der Waals surface area contributed by atoms with Gasteiger partial charge in [-0.25, -0.2) is 4.99 Å². The standard InChI is InChI=1S/C20H32N4OS/c1-14(9-17-5-4-8-26-17)12-21-20(22-13-19(25)24(2)3)23-18-11-15-6-7-16(18)10-15/h4-5,8,14-16,18H,6-7,9-13H2,1-3H3,(H2,21,22,23). The van der Waals surface area contributed by atoms with E-state index in [1.165, 1.54) is 30.6 Å². The zero-order valence-corrected chi connectivity index (χ0v) is 17.0. The quantitative estimate of drug-likeness (QED) is 0.568. The lowest BCUT2D eigenvalue weighted by molar-refractivity contribution is -0.127. The molecule has 0 spiro atoms. The highest BCUT2D eigenvalue weighted by atomic mass is 32.1. The highest BCUT2D eigenvalue weighted by Crippen LogP contribution is 2.44. The molecular formula is C20H32N4OS. The van der Waals surface area contributed by atoms with Crippen molar-refractivity contribution in [2.45, 2.75) is 45.1 Å². The van der Waals surface area contributed by atoms with E-state index in [0.717, 1.165) is 30.8 Å².